The molecule has 1 atom stereocenters. The van der Waals surface area contributed by atoms with Crippen molar-refractivity contribution in [2.45, 2.75) is 23.7 Å². The summed E-state index contributed by atoms with van der Waals surface area (Å²) in [5.41, 5.74) is -1.36. The quantitative estimate of drug-likeness (QED) is 0.222. The number of alkyl halides is 3. The second-order valence-corrected chi connectivity index (χ2v) is 11.3. The molecule has 230 valence electrons. The van der Waals surface area contributed by atoms with Gasteiger partial charge in [0.05, 0.1) is 36.9 Å². The number of anilines is 1. The van der Waals surface area contributed by atoms with Gasteiger partial charge in [0.15, 0.2) is 11.9 Å². The van der Waals surface area contributed by atoms with Gasteiger partial charge in [0.1, 0.15) is 23.6 Å². The summed E-state index contributed by atoms with van der Waals surface area (Å²) in [6.07, 6.45) is -7.07. The molecule has 1 unspecified atom stereocenters. The van der Waals surface area contributed by atoms with Crippen LogP contribution in [0.5, 0.6) is 11.5 Å². The number of aliphatic hydroxyl groups is 1. The number of benzene rings is 3. The first-order chi connectivity index (χ1) is 20.8. The molecule has 0 radical (unpaired) electrons. The number of fused-ring (bicyclic) bond motifs is 1. The summed E-state index contributed by atoms with van der Waals surface area (Å²) in [4.78, 5) is 12.8. The molecule has 0 saturated carbocycles. The lowest BCUT2D eigenvalue weighted by molar-refractivity contribution is -0.207. The van der Waals surface area contributed by atoms with Gasteiger partial charge in [0.2, 0.25) is 0 Å². The van der Waals surface area contributed by atoms with E-state index < -0.39 is 39.2 Å². The highest BCUT2D eigenvalue weighted by molar-refractivity contribution is 7.92. The van der Waals surface area contributed by atoms with Gasteiger partial charge in [-0.25, -0.2) is 17.1 Å². The molecule has 0 aliphatic carbocycles. The molecular weight excluding hydrogens is 610 g/mol. The van der Waals surface area contributed by atoms with Crippen molar-refractivity contribution in [2.75, 3.05) is 18.5 Å². The molecule has 0 bridgehead atoms. The minimum atomic E-state index is -5.15. The van der Waals surface area contributed by atoms with Crippen LogP contribution in [0.1, 0.15) is 17.2 Å². The smallest absolute Gasteiger partial charge is 0.418 e. The van der Waals surface area contributed by atoms with Gasteiger partial charge >= 0.3 is 6.18 Å². The van der Waals surface area contributed by atoms with Crippen LogP contribution in [0.15, 0.2) is 93.3 Å². The van der Waals surface area contributed by atoms with E-state index >= 15 is 0 Å². The fourth-order valence-corrected chi connectivity index (χ4v) is 5.99. The number of sulfonamides is 1. The number of methoxy groups -OCH3 is 2. The second-order valence-electron chi connectivity index (χ2n) is 9.43. The zero-order valence-electron chi connectivity index (χ0n) is 22.9. The molecule has 2 heterocycles. The Morgan fingerprint density at radius 1 is 1.00 bits per heavy atom. The molecule has 5 aromatic rings. The minimum absolute atomic E-state index is 0.00670. The van der Waals surface area contributed by atoms with Crippen LogP contribution in [-0.2, 0) is 16.6 Å². The van der Waals surface area contributed by atoms with Gasteiger partial charge < -0.3 is 19.1 Å². The van der Waals surface area contributed by atoms with Crippen LogP contribution in [0.3, 0.4) is 0 Å². The lowest BCUT2D eigenvalue weighted by atomic mass is 10.1. The van der Waals surface area contributed by atoms with Crippen molar-refractivity contribution >= 4 is 26.7 Å². The number of pyridine rings is 1. The number of aromatic nitrogens is 2. The highest BCUT2D eigenvalue weighted by Gasteiger charge is 2.41. The monoisotopic (exact) mass is 633 g/mol. The van der Waals surface area contributed by atoms with Crippen molar-refractivity contribution in [2.24, 2.45) is 0 Å². The van der Waals surface area contributed by atoms with Gasteiger partial charge in [-0.15, -0.1) is 0 Å². The van der Waals surface area contributed by atoms with E-state index in [0.717, 1.165) is 22.0 Å². The molecule has 5 rings (SSSR count). The number of rotatable bonds is 9. The molecule has 0 spiro atoms. The summed E-state index contributed by atoms with van der Waals surface area (Å²) >= 11 is 0. The van der Waals surface area contributed by atoms with E-state index in [2.05, 4.69) is 5.16 Å². The topological polar surface area (TPSA) is 124 Å². The first-order valence-corrected chi connectivity index (χ1v) is 14.1. The molecular formula is C29H23F4N3O7S. The van der Waals surface area contributed by atoms with Crippen LogP contribution >= 0.6 is 0 Å². The Bertz CT molecular complexity index is 1980. The molecule has 15 heteroatoms. The Labute approximate surface area is 247 Å². The number of nitrogens with zero attached hydrogens (tertiary/aromatic N) is 3. The molecule has 2 aromatic heterocycles. The van der Waals surface area contributed by atoms with E-state index in [1.165, 1.54) is 43.7 Å². The third kappa shape index (κ3) is 5.70. The predicted molar refractivity (Wildman–Crippen MR) is 150 cm³/mol. The summed E-state index contributed by atoms with van der Waals surface area (Å²) in [7, 11) is -1.69. The normalized spacial score (nSPS) is 12.7. The predicted octanol–water partition coefficient (Wildman–Crippen LogP) is 5.13. The highest BCUT2D eigenvalue weighted by Crippen LogP contribution is 2.38. The molecule has 0 fully saturated rings. The van der Waals surface area contributed by atoms with E-state index in [0.29, 0.717) is 23.4 Å². The Morgan fingerprint density at radius 2 is 1.73 bits per heavy atom. The average molecular weight is 634 g/mol. The molecule has 0 saturated heterocycles. The van der Waals surface area contributed by atoms with Crippen LogP contribution in [0.2, 0.25) is 0 Å². The molecule has 0 amide bonds. The third-order valence-corrected chi connectivity index (χ3v) is 8.51. The Hall–Kier alpha value is -4.89. The number of aliphatic hydroxyl groups excluding tert-OH is 1. The number of halogens is 4. The molecule has 0 aliphatic rings. The third-order valence-electron chi connectivity index (χ3n) is 6.76. The zero-order chi connectivity index (χ0) is 31.8. The molecule has 0 aliphatic heterocycles. The van der Waals surface area contributed by atoms with Gasteiger partial charge in [-0.1, -0.05) is 17.3 Å². The standard InChI is InChI=1S/C29H23F4N3O7S/c1-41-19-6-3-17(4-7-19)16-35(26-11-12-43-34-26)44(39,40)20-8-9-23-18(13-20)5-10-27(37)36(23)24-15-22(30)21(14-25(24)42-2)28(38)29(31,32)33/h3-15,28,38H,16H2,1-2H3. The van der Waals surface area contributed by atoms with E-state index in [4.69, 9.17) is 14.0 Å². The van der Waals surface area contributed by atoms with Crippen molar-refractivity contribution < 1.29 is 45.1 Å². The van der Waals surface area contributed by atoms with Crippen molar-refractivity contribution in [1.82, 2.24) is 9.72 Å². The molecule has 10 nitrogen and oxygen atoms in total. The largest absolute Gasteiger partial charge is 0.497 e. The SMILES string of the molecule is COc1ccc(CN(c2ccon2)S(=O)(=O)c2ccc3c(ccc(=O)n3-c3cc(F)c(C(O)C(F)(F)F)cc3OC)c2)cc1. The maximum Gasteiger partial charge on any atom is 0.418 e. The van der Waals surface area contributed by atoms with Crippen molar-refractivity contribution in [3.05, 3.63) is 106 Å². The zero-order valence-corrected chi connectivity index (χ0v) is 23.8. The van der Waals surface area contributed by atoms with Gasteiger partial charge in [-0.3, -0.25) is 9.36 Å². The Kier molecular flexibility index (Phi) is 8.09. The van der Waals surface area contributed by atoms with Crippen molar-refractivity contribution in [3.8, 4) is 17.2 Å². The highest BCUT2D eigenvalue weighted by atomic mass is 32.2. The summed E-state index contributed by atoms with van der Waals surface area (Å²) in [5.74, 6) is -1.19. The fourth-order valence-electron chi connectivity index (χ4n) is 4.56. The van der Waals surface area contributed by atoms with Gasteiger partial charge in [-0.05, 0) is 48.0 Å². The Balaban J connectivity index is 1.61. The van der Waals surface area contributed by atoms with Crippen LogP contribution < -0.4 is 19.3 Å². The van der Waals surface area contributed by atoms with Crippen molar-refractivity contribution in [3.63, 3.8) is 0 Å². The van der Waals surface area contributed by atoms with E-state index in [1.807, 2.05) is 0 Å². The summed E-state index contributed by atoms with van der Waals surface area (Å²) in [5, 5.41) is 13.6. The first-order valence-electron chi connectivity index (χ1n) is 12.7. The van der Waals surface area contributed by atoms with Gasteiger partial charge in [-0.2, -0.15) is 13.2 Å². The van der Waals surface area contributed by atoms with Crippen LogP contribution in [0.25, 0.3) is 16.6 Å². The lowest BCUT2D eigenvalue weighted by Crippen LogP contribution is -2.31. The van der Waals surface area contributed by atoms with E-state index in [1.54, 1.807) is 24.3 Å². The lowest BCUT2D eigenvalue weighted by Gasteiger charge is -2.22. The maximum atomic E-state index is 14.9. The van der Waals surface area contributed by atoms with Crippen LogP contribution in [0, 0.1) is 5.82 Å². The van der Waals surface area contributed by atoms with Crippen LogP contribution in [-0.4, -0.2) is 43.6 Å². The second kappa shape index (κ2) is 11.7. The van der Waals surface area contributed by atoms with Gasteiger partial charge in [0.25, 0.3) is 15.6 Å². The molecule has 44 heavy (non-hydrogen) atoms. The van der Waals surface area contributed by atoms with E-state index in [-0.39, 0.29) is 39.6 Å². The van der Waals surface area contributed by atoms with Gasteiger partial charge in [0, 0.05) is 29.1 Å². The Morgan fingerprint density at radius 3 is 2.34 bits per heavy atom. The average Bonchev–Trinajstić information content (AvgIpc) is 3.53. The van der Waals surface area contributed by atoms with Crippen molar-refractivity contribution in [1.29, 1.82) is 0 Å². The first kappa shape index (κ1) is 30.6. The summed E-state index contributed by atoms with van der Waals surface area (Å²) in [6, 6.07) is 15.6. The number of hydrogen-bond donors (Lipinski definition) is 1. The summed E-state index contributed by atoms with van der Waals surface area (Å²) in [6.45, 7) is -0.122. The maximum absolute atomic E-state index is 14.9. The fraction of sp³-hybridized carbons (Fsp3) is 0.172. The molecule has 3 aromatic carbocycles. The number of ether oxygens (including phenoxy) is 2. The molecule has 1 N–H and O–H groups in total. The number of hydrogen-bond acceptors (Lipinski definition) is 8. The summed E-state index contributed by atoms with van der Waals surface area (Å²) < 4.78 is 99.2. The van der Waals surface area contributed by atoms with Crippen LogP contribution in [0.4, 0.5) is 23.4 Å². The van der Waals surface area contributed by atoms with E-state index in [9.17, 15) is 35.9 Å². The minimum Gasteiger partial charge on any atom is -0.497 e.